The molecule has 1 aromatic rings. The molecule has 21 heteroatoms. The fourth-order valence-electron chi connectivity index (χ4n) is 6.56. The maximum atomic E-state index is 12.8. The van der Waals surface area contributed by atoms with E-state index in [1.807, 2.05) is 48.6 Å². The van der Waals surface area contributed by atoms with Gasteiger partial charge in [0.05, 0.1) is 13.2 Å². The molecule has 0 spiro atoms. The van der Waals surface area contributed by atoms with Crippen molar-refractivity contribution in [3.8, 4) is 0 Å². The summed E-state index contributed by atoms with van der Waals surface area (Å²) in [6, 6.07) is 1.24. The standard InChI is InChI=1S/C50H77N3O16P2/c1-3-5-7-8-9-10-11-12-13-14-17-21-24-27-31-35-46(56)67-42(38-64-45(55)34-30-26-23-20-18-15-16-19-22-25-29-33-41(54)32-28-6-4-2)39-65-70(60,61)69-71(62,63)66-40-43-47(57)48(58)49(68-43)53-37-36-44(51)52-50(53)59/h9-10,12-13,15-17,20-23,25,29,33,36-37,42-43,47-49,57-58H,3-8,11,14,18-19,24,26-28,30-32,34-35,38-40H2,1-2H3,(H,60,61)(H,62,63)(H2,51,52,59)/b10-9-,13-12-,16-15-,21-17-,23-20-,25-22-,33-29+/t42-,43-,47-,48-,49-/m1/s1. The number of ketones is 1. The number of ether oxygens (including phenoxy) is 3. The average Bonchev–Trinajstić information content (AvgIpc) is 3.60. The average molecular weight is 1040 g/mol. The Labute approximate surface area is 418 Å². The molecule has 1 aliphatic heterocycles. The van der Waals surface area contributed by atoms with Gasteiger partial charge in [0.15, 0.2) is 18.1 Å². The normalized spacial score (nSPS) is 19.8. The number of anilines is 1. The second-order valence-electron chi connectivity index (χ2n) is 16.6. The molecule has 0 saturated carbocycles. The van der Waals surface area contributed by atoms with Crippen LogP contribution in [0.3, 0.4) is 0 Å². The van der Waals surface area contributed by atoms with Crippen LogP contribution < -0.4 is 11.4 Å². The van der Waals surface area contributed by atoms with Crippen LogP contribution in [0.2, 0.25) is 0 Å². The number of allylic oxidation sites excluding steroid dienone is 14. The third-order valence-corrected chi connectivity index (χ3v) is 13.0. The van der Waals surface area contributed by atoms with Gasteiger partial charge in [-0.05, 0) is 89.2 Å². The van der Waals surface area contributed by atoms with Gasteiger partial charge < -0.3 is 39.9 Å². The van der Waals surface area contributed by atoms with Crippen molar-refractivity contribution in [2.75, 3.05) is 25.6 Å². The lowest BCUT2D eigenvalue weighted by Crippen LogP contribution is -2.36. The first-order chi connectivity index (χ1) is 34.1. The van der Waals surface area contributed by atoms with E-state index in [9.17, 15) is 48.3 Å². The number of carbonyl (C=O) groups excluding carboxylic acids is 3. The van der Waals surface area contributed by atoms with E-state index in [0.29, 0.717) is 38.5 Å². The Bertz CT molecular complexity index is 2080. The lowest BCUT2D eigenvalue weighted by molar-refractivity contribution is -0.161. The Hall–Kier alpha value is -4.39. The van der Waals surface area contributed by atoms with Gasteiger partial charge in [-0.1, -0.05) is 119 Å². The van der Waals surface area contributed by atoms with Crippen LogP contribution in [0.1, 0.15) is 142 Å². The third kappa shape index (κ3) is 30.3. The molecular weight excluding hydrogens is 961 g/mol. The van der Waals surface area contributed by atoms with Crippen LogP contribution in [0, 0.1) is 0 Å². The molecule has 0 aliphatic carbocycles. The van der Waals surface area contributed by atoms with Crippen molar-refractivity contribution in [3.63, 3.8) is 0 Å². The van der Waals surface area contributed by atoms with Crippen molar-refractivity contribution in [2.45, 2.75) is 166 Å². The second-order valence-corrected chi connectivity index (χ2v) is 19.7. The van der Waals surface area contributed by atoms with Crippen molar-refractivity contribution >= 4 is 39.2 Å². The molecule has 2 unspecified atom stereocenters. The number of carbonyl (C=O) groups is 3. The zero-order valence-corrected chi connectivity index (χ0v) is 43.0. The minimum Gasteiger partial charge on any atom is -0.462 e. The molecule has 1 fully saturated rings. The van der Waals surface area contributed by atoms with Crippen molar-refractivity contribution in [3.05, 3.63) is 108 Å². The Morgan fingerprint density at radius 2 is 1.27 bits per heavy atom. The van der Waals surface area contributed by atoms with Crippen LogP contribution in [0.15, 0.2) is 102 Å². The highest BCUT2D eigenvalue weighted by Gasteiger charge is 2.46. The molecule has 398 valence electrons. The summed E-state index contributed by atoms with van der Waals surface area (Å²) in [5.74, 6) is -1.33. The number of esters is 2. The smallest absolute Gasteiger partial charge is 0.462 e. The van der Waals surface area contributed by atoms with Gasteiger partial charge in [-0.2, -0.15) is 9.29 Å². The first-order valence-electron chi connectivity index (χ1n) is 24.6. The number of nitrogens with zero attached hydrogens (tertiary/aromatic N) is 2. The van der Waals surface area contributed by atoms with E-state index in [0.717, 1.165) is 62.1 Å². The molecule has 1 saturated heterocycles. The molecule has 0 bridgehead atoms. The first kappa shape index (κ1) is 62.7. The van der Waals surface area contributed by atoms with E-state index in [-0.39, 0.29) is 24.4 Å². The zero-order chi connectivity index (χ0) is 52.2. The predicted octanol–water partition coefficient (Wildman–Crippen LogP) is 9.06. The molecule has 2 rings (SSSR count). The van der Waals surface area contributed by atoms with Gasteiger partial charge in [-0.3, -0.25) is 28.0 Å². The van der Waals surface area contributed by atoms with E-state index >= 15 is 0 Å². The summed E-state index contributed by atoms with van der Waals surface area (Å²) in [5, 5.41) is 20.9. The number of aliphatic hydroxyl groups excluding tert-OH is 2. The number of unbranched alkanes of at least 4 members (excludes halogenated alkanes) is 8. The Morgan fingerprint density at radius 1 is 0.718 bits per heavy atom. The summed E-state index contributed by atoms with van der Waals surface area (Å²) in [6.07, 6.45) is 35.2. The number of hydrogen-bond acceptors (Lipinski definition) is 16. The topological polar surface area (TPSA) is 283 Å². The van der Waals surface area contributed by atoms with Gasteiger partial charge in [0.2, 0.25) is 0 Å². The predicted molar refractivity (Wildman–Crippen MR) is 270 cm³/mol. The first-order valence-corrected chi connectivity index (χ1v) is 27.5. The van der Waals surface area contributed by atoms with Crippen molar-refractivity contribution in [1.29, 1.82) is 0 Å². The minimum atomic E-state index is -5.46. The van der Waals surface area contributed by atoms with Crippen LogP contribution in [-0.2, 0) is 51.1 Å². The molecule has 71 heavy (non-hydrogen) atoms. The van der Waals surface area contributed by atoms with Gasteiger partial charge in [0, 0.05) is 25.5 Å². The molecule has 6 N–H and O–H groups in total. The summed E-state index contributed by atoms with van der Waals surface area (Å²) in [5.41, 5.74) is 4.57. The Kier molecular flexibility index (Phi) is 33.0. The number of phosphoric acid groups is 2. The molecule has 19 nitrogen and oxygen atoms in total. The largest absolute Gasteiger partial charge is 0.481 e. The Morgan fingerprint density at radius 3 is 1.90 bits per heavy atom. The summed E-state index contributed by atoms with van der Waals surface area (Å²) in [7, 11) is -10.9. The third-order valence-electron chi connectivity index (χ3n) is 10.4. The Balaban J connectivity index is 1.87. The molecule has 0 radical (unpaired) electrons. The van der Waals surface area contributed by atoms with E-state index in [2.05, 4.69) is 47.4 Å². The molecule has 1 aliphatic rings. The highest BCUT2D eigenvalue weighted by Crippen LogP contribution is 2.60. The molecule has 0 amide bonds. The quantitative estimate of drug-likeness (QED) is 0.0103. The van der Waals surface area contributed by atoms with Crippen LogP contribution in [-0.4, -0.2) is 91.5 Å². The van der Waals surface area contributed by atoms with Gasteiger partial charge in [-0.15, -0.1) is 0 Å². The monoisotopic (exact) mass is 1040 g/mol. The number of phosphoric ester groups is 2. The van der Waals surface area contributed by atoms with Crippen LogP contribution in [0.5, 0.6) is 0 Å². The fraction of sp³-hybridized carbons (Fsp3) is 0.580. The van der Waals surface area contributed by atoms with E-state index < -0.39 is 83.7 Å². The maximum Gasteiger partial charge on any atom is 0.481 e. The number of aromatic nitrogens is 2. The summed E-state index contributed by atoms with van der Waals surface area (Å²) < 4.78 is 56.5. The van der Waals surface area contributed by atoms with Gasteiger partial charge >= 0.3 is 33.3 Å². The molecule has 0 aromatic carbocycles. The number of nitrogens with two attached hydrogens (primary N) is 1. The van der Waals surface area contributed by atoms with Crippen LogP contribution in [0.4, 0.5) is 5.82 Å². The summed E-state index contributed by atoms with van der Waals surface area (Å²) >= 11 is 0. The highest BCUT2D eigenvalue weighted by molar-refractivity contribution is 7.61. The van der Waals surface area contributed by atoms with Crippen molar-refractivity contribution in [1.82, 2.24) is 9.55 Å². The van der Waals surface area contributed by atoms with Crippen molar-refractivity contribution < 1.29 is 71.1 Å². The molecule has 2 heterocycles. The van der Waals surface area contributed by atoms with Gasteiger partial charge in [0.25, 0.3) is 0 Å². The van der Waals surface area contributed by atoms with Crippen molar-refractivity contribution in [2.24, 2.45) is 0 Å². The zero-order valence-electron chi connectivity index (χ0n) is 41.2. The SMILES string of the molecule is CCCCC/C=C\C/C=C\C/C=C\CCCCC(=O)O[C@H](COC(=O)CCC/C=C\C/C=C\C/C=C\C=C\C(=O)CCCCC)COP(=O)(O)OP(=O)(O)OC[C@H]1O[C@@H](n2ccc(N)nc2=O)[C@H](O)[C@@H]1O. The van der Waals surface area contributed by atoms with Crippen LogP contribution in [0.25, 0.3) is 0 Å². The second kappa shape index (κ2) is 37.4. The molecule has 1 aromatic heterocycles. The number of rotatable bonds is 39. The molecular formula is C50H77N3O16P2. The number of hydrogen-bond donors (Lipinski definition) is 5. The fourth-order valence-corrected chi connectivity index (χ4v) is 8.67. The summed E-state index contributed by atoms with van der Waals surface area (Å²) in [6.45, 7) is 1.84. The van der Waals surface area contributed by atoms with E-state index in [1.54, 1.807) is 12.2 Å². The minimum absolute atomic E-state index is 0.0119. The molecule has 7 atom stereocenters. The lowest BCUT2D eigenvalue weighted by atomic mass is 10.1. The van der Waals surface area contributed by atoms with Gasteiger partial charge in [0.1, 0.15) is 30.7 Å². The summed E-state index contributed by atoms with van der Waals surface area (Å²) in [4.78, 5) is 73.6. The van der Waals surface area contributed by atoms with Gasteiger partial charge in [-0.25, -0.2) is 13.9 Å². The highest BCUT2D eigenvalue weighted by atomic mass is 31.3. The number of aliphatic hydroxyl groups is 2. The van der Waals surface area contributed by atoms with Crippen LogP contribution >= 0.6 is 15.6 Å². The van der Waals surface area contributed by atoms with E-state index in [1.165, 1.54) is 25.3 Å². The lowest BCUT2D eigenvalue weighted by Gasteiger charge is -2.21. The maximum absolute atomic E-state index is 12.8. The number of nitrogen functional groups attached to an aromatic ring is 1. The van der Waals surface area contributed by atoms with E-state index in [4.69, 9.17) is 29.0 Å².